The smallest absolute Gasteiger partial charge is 0.147 e. The molecular formula is C21H23N5. The topological polar surface area (TPSA) is 72.2 Å². The van der Waals surface area contributed by atoms with Gasteiger partial charge in [-0.1, -0.05) is 49.4 Å². The number of amidine groups is 1. The molecule has 5 heteroatoms. The molecule has 3 N–H and O–H groups in total. The van der Waals surface area contributed by atoms with E-state index in [2.05, 4.69) is 34.2 Å². The van der Waals surface area contributed by atoms with Crippen LogP contribution >= 0.6 is 0 Å². The third kappa shape index (κ3) is 3.93. The second kappa shape index (κ2) is 8.32. The lowest BCUT2D eigenvalue weighted by Crippen LogP contribution is -2.31. The van der Waals surface area contributed by atoms with E-state index in [4.69, 9.17) is 4.99 Å². The zero-order valence-electron chi connectivity index (χ0n) is 15.1. The van der Waals surface area contributed by atoms with Crippen LogP contribution in [-0.2, 0) is 0 Å². The van der Waals surface area contributed by atoms with E-state index in [0.717, 1.165) is 34.9 Å². The number of fused-ring (bicyclic) bond motifs is 1. The summed E-state index contributed by atoms with van der Waals surface area (Å²) in [6.45, 7) is 5.30. The van der Waals surface area contributed by atoms with Crippen LogP contribution in [0, 0.1) is 11.3 Å². The van der Waals surface area contributed by atoms with Crippen molar-refractivity contribution in [2.75, 3.05) is 18.4 Å². The minimum atomic E-state index is -0.166. The number of para-hydroxylation sites is 1. The third-order valence-corrected chi connectivity index (χ3v) is 4.29. The summed E-state index contributed by atoms with van der Waals surface area (Å²) in [4.78, 5) is 4.86. The average Bonchev–Trinajstić information content (AvgIpc) is 2.69. The van der Waals surface area contributed by atoms with Gasteiger partial charge in [-0.15, -0.1) is 0 Å². The lowest BCUT2D eigenvalue weighted by Gasteiger charge is -2.26. The molecule has 1 aliphatic heterocycles. The highest BCUT2D eigenvalue weighted by molar-refractivity contribution is 6.05. The van der Waals surface area contributed by atoms with Crippen LogP contribution in [0.15, 0.2) is 70.9 Å². The van der Waals surface area contributed by atoms with Gasteiger partial charge in [-0.05, 0) is 31.2 Å². The first-order valence-corrected chi connectivity index (χ1v) is 8.79. The van der Waals surface area contributed by atoms with Gasteiger partial charge in [0.1, 0.15) is 12.0 Å². The van der Waals surface area contributed by atoms with Crippen molar-refractivity contribution in [3.8, 4) is 6.07 Å². The van der Waals surface area contributed by atoms with Gasteiger partial charge in [0.25, 0.3) is 0 Å². The van der Waals surface area contributed by atoms with Gasteiger partial charge >= 0.3 is 0 Å². The minimum Gasteiger partial charge on any atom is -0.359 e. The SMILES string of the molecule is CCNC/C(C#N)=C(\C)NC1=NC(c2ccccc2)Nc2ccccc21. The lowest BCUT2D eigenvalue weighted by molar-refractivity contribution is 0.775. The molecule has 0 spiro atoms. The number of nitrogens with one attached hydrogen (secondary N) is 3. The predicted octanol–water partition coefficient (Wildman–Crippen LogP) is 3.55. The molecule has 3 rings (SSSR count). The van der Waals surface area contributed by atoms with E-state index in [1.165, 1.54) is 0 Å². The van der Waals surface area contributed by atoms with E-state index in [0.29, 0.717) is 12.1 Å². The van der Waals surface area contributed by atoms with Crippen molar-refractivity contribution in [3.63, 3.8) is 0 Å². The number of hydrogen-bond donors (Lipinski definition) is 3. The van der Waals surface area contributed by atoms with Gasteiger partial charge in [0.2, 0.25) is 0 Å². The molecule has 0 saturated carbocycles. The number of anilines is 1. The maximum absolute atomic E-state index is 9.44. The zero-order chi connectivity index (χ0) is 18.4. The molecule has 0 radical (unpaired) electrons. The average molecular weight is 345 g/mol. The number of likely N-dealkylation sites (N-methyl/N-ethyl adjacent to an activating group) is 1. The Labute approximate surface area is 154 Å². The van der Waals surface area contributed by atoms with Crippen LogP contribution in [0.2, 0.25) is 0 Å². The van der Waals surface area contributed by atoms with Crippen molar-refractivity contribution in [2.24, 2.45) is 4.99 Å². The van der Waals surface area contributed by atoms with Crippen LogP contribution in [0.4, 0.5) is 5.69 Å². The minimum absolute atomic E-state index is 0.166. The molecule has 2 aromatic rings. The summed E-state index contributed by atoms with van der Waals surface area (Å²) in [6.07, 6.45) is -0.166. The Balaban J connectivity index is 1.95. The Morgan fingerprint density at radius 2 is 1.88 bits per heavy atom. The van der Waals surface area contributed by atoms with E-state index in [-0.39, 0.29) is 6.17 Å². The number of benzene rings is 2. The molecule has 0 aromatic heterocycles. The van der Waals surface area contributed by atoms with E-state index < -0.39 is 0 Å². The summed E-state index contributed by atoms with van der Waals surface area (Å²) in [7, 11) is 0. The molecular weight excluding hydrogens is 322 g/mol. The van der Waals surface area contributed by atoms with Gasteiger partial charge in [-0.25, -0.2) is 4.99 Å². The van der Waals surface area contributed by atoms with Gasteiger partial charge in [0.15, 0.2) is 0 Å². The molecule has 0 aliphatic carbocycles. The summed E-state index contributed by atoms with van der Waals surface area (Å²) in [5, 5.41) is 19.5. The van der Waals surface area contributed by atoms with Crippen LogP contribution in [0.3, 0.4) is 0 Å². The standard InChI is InChI=1S/C21H23N5/c1-3-23-14-17(13-22)15(2)24-21-18-11-7-8-12-19(18)25-20(26-21)16-9-5-4-6-10-16/h4-12,20,23,25H,3,14H2,1-2H3,(H,24,26)/b17-15+. The van der Waals surface area contributed by atoms with Gasteiger partial charge < -0.3 is 16.0 Å². The molecule has 26 heavy (non-hydrogen) atoms. The molecule has 0 bridgehead atoms. The van der Waals surface area contributed by atoms with E-state index >= 15 is 0 Å². The summed E-state index contributed by atoms with van der Waals surface area (Å²) in [5.74, 6) is 0.773. The molecule has 1 aliphatic rings. The summed E-state index contributed by atoms with van der Waals surface area (Å²) < 4.78 is 0. The molecule has 2 aromatic carbocycles. The monoisotopic (exact) mass is 345 g/mol. The highest BCUT2D eigenvalue weighted by Crippen LogP contribution is 2.29. The number of rotatable bonds is 5. The molecule has 0 saturated heterocycles. The molecule has 5 nitrogen and oxygen atoms in total. The largest absolute Gasteiger partial charge is 0.359 e. The first-order valence-electron chi connectivity index (χ1n) is 8.79. The lowest BCUT2D eigenvalue weighted by atomic mass is 10.1. The van der Waals surface area contributed by atoms with E-state index in [1.54, 1.807) is 0 Å². The molecule has 132 valence electrons. The number of nitriles is 1. The quantitative estimate of drug-likeness (QED) is 0.725. The van der Waals surface area contributed by atoms with Crippen molar-refractivity contribution in [2.45, 2.75) is 20.0 Å². The molecule has 1 atom stereocenters. The van der Waals surface area contributed by atoms with Crippen LogP contribution in [0.5, 0.6) is 0 Å². The van der Waals surface area contributed by atoms with Crippen molar-refractivity contribution < 1.29 is 0 Å². The number of allylic oxidation sites excluding steroid dienone is 1. The Bertz CT molecular complexity index is 861. The Hall–Kier alpha value is -3.10. The maximum Gasteiger partial charge on any atom is 0.147 e. The molecule has 0 amide bonds. The van der Waals surface area contributed by atoms with E-state index in [1.807, 2.05) is 56.3 Å². The third-order valence-electron chi connectivity index (χ3n) is 4.29. The second-order valence-corrected chi connectivity index (χ2v) is 6.10. The maximum atomic E-state index is 9.44. The van der Waals surface area contributed by atoms with Crippen molar-refractivity contribution >= 4 is 11.5 Å². The van der Waals surface area contributed by atoms with E-state index in [9.17, 15) is 5.26 Å². The fraction of sp³-hybridized carbons (Fsp3) is 0.238. The van der Waals surface area contributed by atoms with Crippen molar-refractivity contribution in [3.05, 3.63) is 77.0 Å². The second-order valence-electron chi connectivity index (χ2n) is 6.10. The fourth-order valence-electron chi connectivity index (χ4n) is 2.85. The zero-order valence-corrected chi connectivity index (χ0v) is 15.1. The van der Waals surface area contributed by atoms with Gasteiger partial charge in [0.05, 0.1) is 11.6 Å². The number of nitrogens with zero attached hydrogens (tertiary/aromatic N) is 2. The highest BCUT2D eigenvalue weighted by Gasteiger charge is 2.21. The molecule has 1 heterocycles. The number of hydrogen-bond acceptors (Lipinski definition) is 5. The molecule has 1 unspecified atom stereocenters. The first kappa shape index (κ1) is 17.7. The fourth-order valence-corrected chi connectivity index (χ4v) is 2.85. The highest BCUT2D eigenvalue weighted by atomic mass is 15.2. The van der Waals surface area contributed by atoms with Crippen molar-refractivity contribution in [1.82, 2.24) is 10.6 Å². The first-order chi connectivity index (χ1) is 12.7. The van der Waals surface area contributed by atoms with Crippen LogP contribution in [0.25, 0.3) is 0 Å². The Kier molecular flexibility index (Phi) is 5.67. The summed E-state index contributed by atoms with van der Waals surface area (Å²) in [6, 6.07) is 20.5. The normalized spacial score (nSPS) is 16.5. The summed E-state index contributed by atoms with van der Waals surface area (Å²) >= 11 is 0. The van der Waals surface area contributed by atoms with Gasteiger partial charge in [-0.3, -0.25) is 0 Å². The predicted molar refractivity (Wildman–Crippen MR) is 106 cm³/mol. The van der Waals surface area contributed by atoms with Gasteiger partial charge in [-0.2, -0.15) is 5.26 Å². The Morgan fingerprint density at radius 3 is 2.62 bits per heavy atom. The Morgan fingerprint density at radius 1 is 1.15 bits per heavy atom. The summed E-state index contributed by atoms with van der Waals surface area (Å²) in [5.41, 5.74) is 4.62. The van der Waals surface area contributed by atoms with Crippen LogP contribution in [0.1, 0.15) is 31.1 Å². The van der Waals surface area contributed by atoms with Gasteiger partial charge in [0, 0.05) is 23.5 Å². The number of aliphatic imine (C=N–C) groups is 1. The molecule has 0 fully saturated rings. The van der Waals surface area contributed by atoms with Crippen LogP contribution in [-0.4, -0.2) is 18.9 Å². The van der Waals surface area contributed by atoms with Crippen LogP contribution < -0.4 is 16.0 Å². The van der Waals surface area contributed by atoms with Crippen molar-refractivity contribution in [1.29, 1.82) is 5.26 Å².